The van der Waals surface area contributed by atoms with Gasteiger partial charge < -0.3 is 9.47 Å². The van der Waals surface area contributed by atoms with Gasteiger partial charge in [0.2, 0.25) is 5.95 Å². The van der Waals surface area contributed by atoms with Crippen LogP contribution in [-0.2, 0) is 0 Å². The predicted octanol–water partition coefficient (Wildman–Crippen LogP) is 13.2. The Labute approximate surface area is 334 Å². The van der Waals surface area contributed by atoms with E-state index in [0.717, 1.165) is 55.8 Å². The number of benzene rings is 4. The van der Waals surface area contributed by atoms with Crippen LogP contribution in [0.5, 0.6) is 23.0 Å². The first kappa shape index (κ1) is 37.5. The summed E-state index contributed by atoms with van der Waals surface area (Å²) in [5.74, 6) is 4.80. The van der Waals surface area contributed by atoms with Crippen molar-refractivity contribution < 1.29 is 9.47 Å². The van der Waals surface area contributed by atoms with Gasteiger partial charge in [-0.05, 0) is 131 Å². The third-order valence-electron chi connectivity index (χ3n) is 10.5. The van der Waals surface area contributed by atoms with E-state index in [0.29, 0.717) is 41.1 Å². The summed E-state index contributed by atoms with van der Waals surface area (Å²) in [6, 6.07) is 33.7. The molecule has 0 saturated carbocycles. The van der Waals surface area contributed by atoms with Crippen LogP contribution in [0.2, 0.25) is 0 Å². The number of rotatable bonds is 11. The van der Waals surface area contributed by atoms with Crippen molar-refractivity contribution >= 4 is 21.8 Å². The molecule has 8 aromatic rings. The van der Waals surface area contributed by atoms with Crippen molar-refractivity contribution in [2.24, 2.45) is 0 Å². The lowest BCUT2D eigenvalue weighted by Gasteiger charge is -2.14. The fourth-order valence-corrected chi connectivity index (χ4v) is 7.19. The number of hydrogen-bond donors (Lipinski definition) is 0. The average molecular weight is 753 g/mol. The quantitative estimate of drug-likeness (QED) is 0.130. The molecule has 0 spiro atoms. The first-order valence-corrected chi connectivity index (χ1v) is 19.8. The van der Waals surface area contributed by atoms with Crippen molar-refractivity contribution in [3.8, 4) is 51.5 Å². The Kier molecular flexibility index (Phi) is 10.3. The second-order valence-corrected chi connectivity index (χ2v) is 16.0. The third kappa shape index (κ3) is 7.85. The van der Waals surface area contributed by atoms with Crippen molar-refractivity contribution in [3.05, 3.63) is 144 Å². The Bertz CT molecular complexity index is 2550. The van der Waals surface area contributed by atoms with Gasteiger partial charge in [0, 0.05) is 46.4 Å². The van der Waals surface area contributed by atoms with Crippen LogP contribution in [0.15, 0.2) is 122 Å². The highest BCUT2D eigenvalue weighted by molar-refractivity contribution is 6.09. The lowest BCUT2D eigenvalue weighted by molar-refractivity contribution is 0.482. The van der Waals surface area contributed by atoms with Gasteiger partial charge in [0.05, 0.1) is 22.4 Å². The van der Waals surface area contributed by atoms with Crippen molar-refractivity contribution in [2.45, 2.75) is 79.1 Å². The van der Waals surface area contributed by atoms with Crippen LogP contribution < -0.4 is 9.47 Å². The fourth-order valence-electron chi connectivity index (χ4n) is 7.19. The van der Waals surface area contributed by atoms with E-state index in [9.17, 15) is 0 Å². The van der Waals surface area contributed by atoms with Crippen LogP contribution in [0.4, 0.5) is 0 Å². The van der Waals surface area contributed by atoms with E-state index in [1.165, 1.54) is 34.9 Å². The molecule has 4 aromatic carbocycles. The molecule has 8 nitrogen and oxygen atoms in total. The summed E-state index contributed by atoms with van der Waals surface area (Å²) < 4.78 is 15.4. The smallest absolute Gasteiger partial charge is 0.237 e. The molecule has 0 bridgehead atoms. The first-order valence-electron chi connectivity index (χ1n) is 19.8. The minimum Gasteiger partial charge on any atom is -0.457 e. The minimum absolute atomic E-state index is 0.304. The van der Waals surface area contributed by atoms with Crippen LogP contribution in [0, 0.1) is 0 Å². The molecule has 0 amide bonds. The van der Waals surface area contributed by atoms with Crippen molar-refractivity contribution in [1.29, 1.82) is 0 Å². The zero-order valence-corrected chi connectivity index (χ0v) is 33.9. The molecule has 0 aliphatic carbocycles. The van der Waals surface area contributed by atoms with E-state index in [-0.39, 0.29) is 0 Å². The van der Waals surface area contributed by atoms with Gasteiger partial charge in [0.25, 0.3) is 0 Å². The SMILES string of the molecule is CC(C)c1cc(Oc2ccc3c4ccc(Oc5cc(-c6cc(C(C)C)ccn6)cc(C(C)C)c5)cc4n(-c4ncncn4)c3c2)cc(-c2cc(C(C)C)ccn2)c1. The van der Waals surface area contributed by atoms with Crippen LogP contribution in [0.3, 0.4) is 0 Å². The molecule has 0 atom stereocenters. The summed E-state index contributed by atoms with van der Waals surface area (Å²) in [6.45, 7) is 17.6. The van der Waals surface area contributed by atoms with E-state index in [4.69, 9.17) is 19.4 Å². The zero-order chi connectivity index (χ0) is 39.8. The monoisotopic (exact) mass is 752 g/mol. The second kappa shape index (κ2) is 15.6. The van der Waals surface area contributed by atoms with E-state index < -0.39 is 0 Å². The van der Waals surface area contributed by atoms with E-state index in [2.05, 4.69) is 155 Å². The van der Waals surface area contributed by atoms with Gasteiger partial charge in [-0.15, -0.1) is 0 Å². The van der Waals surface area contributed by atoms with Gasteiger partial charge in [-0.2, -0.15) is 0 Å². The molecule has 0 aliphatic heterocycles. The largest absolute Gasteiger partial charge is 0.457 e. The van der Waals surface area contributed by atoms with Gasteiger partial charge in [-0.3, -0.25) is 14.5 Å². The Morgan fingerprint density at radius 3 is 1.28 bits per heavy atom. The number of pyridine rings is 2. The van der Waals surface area contributed by atoms with Crippen LogP contribution in [-0.4, -0.2) is 29.5 Å². The summed E-state index contributed by atoms with van der Waals surface area (Å²) in [5, 5.41) is 2.08. The maximum atomic E-state index is 6.68. The van der Waals surface area contributed by atoms with Crippen molar-refractivity contribution in [1.82, 2.24) is 29.5 Å². The summed E-state index contributed by atoms with van der Waals surface area (Å²) in [4.78, 5) is 22.7. The zero-order valence-electron chi connectivity index (χ0n) is 33.9. The molecule has 0 fully saturated rings. The summed E-state index contributed by atoms with van der Waals surface area (Å²) >= 11 is 0. The van der Waals surface area contributed by atoms with E-state index in [1.54, 1.807) is 0 Å². The summed E-state index contributed by atoms with van der Waals surface area (Å²) in [7, 11) is 0. The van der Waals surface area contributed by atoms with Gasteiger partial charge in [0.15, 0.2) is 0 Å². The van der Waals surface area contributed by atoms with Crippen molar-refractivity contribution in [3.63, 3.8) is 0 Å². The number of hydrogen-bond acceptors (Lipinski definition) is 7. The molecule has 0 N–H and O–H groups in total. The molecule has 0 aliphatic rings. The Morgan fingerprint density at radius 1 is 0.421 bits per heavy atom. The molecular formula is C49H48N6O2. The number of aromatic nitrogens is 6. The number of fused-ring (bicyclic) bond motifs is 3. The second-order valence-electron chi connectivity index (χ2n) is 16.0. The molecule has 57 heavy (non-hydrogen) atoms. The lowest BCUT2D eigenvalue weighted by atomic mass is 9.97. The predicted molar refractivity (Wildman–Crippen MR) is 230 cm³/mol. The maximum absolute atomic E-state index is 6.68. The van der Waals surface area contributed by atoms with Crippen LogP contribution in [0.25, 0.3) is 50.3 Å². The molecule has 0 saturated heterocycles. The molecule has 4 aromatic heterocycles. The van der Waals surface area contributed by atoms with Crippen LogP contribution in [0.1, 0.15) is 101 Å². The fraction of sp³-hybridized carbons (Fsp3) is 0.245. The molecular weight excluding hydrogens is 705 g/mol. The Morgan fingerprint density at radius 2 is 0.860 bits per heavy atom. The highest BCUT2D eigenvalue weighted by Gasteiger charge is 2.18. The lowest BCUT2D eigenvalue weighted by Crippen LogP contribution is -2.01. The molecule has 8 heteroatoms. The standard InChI is InChI=1S/C49H48N6O2/c1-29(2)33-13-15-51-45(23-33)37-17-35(31(5)6)19-41(21-37)56-39-9-11-43-44-12-10-40(26-48(44)55(47(43)25-39)49-53-27-50-28-54-49)57-42-20-36(32(7)8)18-38(22-42)46-24-34(30(3)4)14-16-52-46/h9-32H,1-8H3. The topological polar surface area (TPSA) is 87.8 Å². The van der Waals surface area contributed by atoms with E-state index >= 15 is 0 Å². The molecule has 0 radical (unpaired) electrons. The van der Waals surface area contributed by atoms with Gasteiger partial charge in [-0.1, -0.05) is 55.4 Å². The first-order chi connectivity index (χ1) is 27.5. The molecule has 0 unspecified atom stereocenters. The maximum Gasteiger partial charge on any atom is 0.237 e. The molecule has 8 rings (SSSR count). The number of ether oxygens (including phenoxy) is 2. The third-order valence-corrected chi connectivity index (χ3v) is 10.5. The van der Waals surface area contributed by atoms with E-state index in [1.807, 2.05) is 29.1 Å². The van der Waals surface area contributed by atoms with Gasteiger partial charge in [-0.25, -0.2) is 15.0 Å². The highest BCUT2D eigenvalue weighted by atomic mass is 16.5. The summed E-state index contributed by atoms with van der Waals surface area (Å²) in [5.41, 5.74) is 10.6. The minimum atomic E-state index is 0.304. The van der Waals surface area contributed by atoms with Gasteiger partial charge in [0.1, 0.15) is 35.7 Å². The Balaban J connectivity index is 1.20. The molecule has 286 valence electrons. The average Bonchev–Trinajstić information content (AvgIpc) is 3.53. The number of nitrogens with zero attached hydrogens (tertiary/aromatic N) is 6. The Hall–Kier alpha value is -6.41. The summed E-state index contributed by atoms with van der Waals surface area (Å²) in [6.07, 6.45) is 6.82. The molecule has 4 heterocycles. The normalized spacial score (nSPS) is 11.8. The van der Waals surface area contributed by atoms with Crippen molar-refractivity contribution in [2.75, 3.05) is 0 Å². The highest BCUT2D eigenvalue weighted by Crippen LogP contribution is 2.39. The van der Waals surface area contributed by atoms with Crippen LogP contribution >= 0.6 is 0 Å². The van der Waals surface area contributed by atoms with Gasteiger partial charge >= 0.3 is 0 Å².